The first kappa shape index (κ1) is 43.4. The van der Waals surface area contributed by atoms with Gasteiger partial charge in [0.15, 0.2) is 0 Å². The van der Waals surface area contributed by atoms with Gasteiger partial charge in [-0.1, -0.05) is 50.2 Å². The quantitative estimate of drug-likeness (QED) is 0.0392. The zero-order valence-corrected chi connectivity index (χ0v) is 35.5. The third-order valence-electron chi connectivity index (χ3n) is 9.52. The third-order valence-corrected chi connectivity index (χ3v) is 10.7. The van der Waals surface area contributed by atoms with Crippen LogP contribution < -0.4 is 36.1 Å². The number of morpholine rings is 1. The van der Waals surface area contributed by atoms with Gasteiger partial charge in [0.1, 0.15) is 28.9 Å². The van der Waals surface area contributed by atoms with Crippen molar-refractivity contribution in [3.8, 4) is 17.2 Å². The van der Waals surface area contributed by atoms with Crippen LogP contribution in [0.15, 0.2) is 109 Å². The molecule has 4 aromatic carbocycles. The van der Waals surface area contributed by atoms with E-state index >= 15 is 0 Å². The maximum Gasteiger partial charge on any atom is 0.324 e. The minimum atomic E-state index is -2.30. The van der Waals surface area contributed by atoms with Crippen molar-refractivity contribution < 1.29 is 28.4 Å². The molecule has 60 heavy (non-hydrogen) atoms. The van der Waals surface area contributed by atoms with Crippen molar-refractivity contribution in [3.05, 3.63) is 120 Å². The highest BCUT2D eigenvalue weighted by atomic mass is 31.2. The first-order chi connectivity index (χ1) is 28.8. The summed E-state index contributed by atoms with van der Waals surface area (Å²) >= 11 is 0. The second-order valence-corrected chi connectivity index (χ2v) is 18.7. The molecule has 0 spiro atoms. The molecule has 1 fully saturated rings. The fourth-order valence-corrected chi connectivity index (χ4v) is 7.58. The number of amides is 3. The number of aromatic nitrogens is 1. The number of hydrogen-bond donors (Lipinski definition) is 6. The maximum atomic E-state index is 13.5. The van der Waals surface area contributed by atoms with Crippen LogP contribution >= 0.6 is 7.14 Å². The van der Waals surface area contributed by atoms with Gasteiger partial charge in [0.2, 0.25) is 0 Å². The van der Waals surface area contributed by atoms with E-state index in [0.29, 0.717) is 83.1 Å². The number of methoxy groups -OCH3 is 1. The Bertz CT molecular complexity index is 2410. The fourth-order valence-electron chi connectivity index (χ4n) is 6.51. The third kappa shape index (κ3) is 12.6. The van der Waals surface area contributed by atoms with Gasteiger partial charge in [0.05, 0.1) is 33.2 Å². The summed E-state index contributed by atoms with van der Waals surface area (Å²) in [5, 5.41) is 25.3. The number of allylic oxidation sites excluding steroid dienone is 1. The Morgan fingerprint density at radius 1 is 0.917 bits per heavy atom. The molecule has 0 saturated carbocycles. The Balaban J connectivity index is 1.14. The van der Waals surface area contributed by atoms with Crippen molar-refractivity contribution in [2.75, 3.05) is 75.8 Å². The molecule has 0 bridgehead atoms. The number of anilines is 4. The molecular weight excluding hydrogens is 780 g/mol. The van der Waals surface area contributed by atoms with Crippen molar-refractivity contribution in [1.29, 1.82) is 5.41 Å². The van der Waals surface area contributed by atoms with E-state index in [1.807, 2.05) is 62.4 Å². The predicted molar refractivity (Wildman–Crippen MR) is 240 cm³/mol. The molecule has 6 rings (SSSR count). The van der Waals surface area contributed by atoms with Crippen molar-refractivity contribution in [2.24, 2.45) is 5.92 Å². The van der Waals surface area contributed by atoms with Crippen molar-refractivity contribution in [1.82, 2.24) is 20.5 Å². The van der Waals surface area contributed by atoms with Crippen molar-refractivity contribution >= 4 is 58.4 Å². The number of pyridine rings is 1. The molecule has 0 unspecified atom stereocenters. The highest BCUT2D eigenvalue weighted by Crippen LogP contribution is 2.41. The summed E-state index contributed by atoms with van der Waals surface area (Å²) in [5.74, 6) is 2.12. The Morgan fingerprint density at radius 2 is 1.70 bits per heavy atom. The summed E-state index contributed by atoms with van der Waals surface area (Å²) in [6.45, 7) is 11.7. The lowest BCUT2D eigenvalue weighted by atomic mass is 10.1. The number of carbonyl (C=O) groups excluding carboxylic acids is 2. The van der Waals surface area contributed by atoms with Crippen LogP contribution in [0.5, 0.6) is 17.2 Å². The number of ether oxygens (including phenoxy) is 3. The summed E-state index contributed by atoms with van der Waals surface area (Å²) in [4.78, 5) is 33.4. The Morgan fingerprint density at radius 3 is 2.45 bits per heavy atom. The maximum absolute atomic E-state index is 13.5. The summed E-state index contributed by atoms with van der Waals surface area (Å²) in [6.07, 6.45) is 3.67. The number of carbonyl (C=O) groups is 2. The minimum Gasteiger partial charge on any atom is -0.497 e. The highest BCUT2D eigenvalue weighted by Gasteiger charge is 2.16. The van der Waals surface area contributed by atoms with Crippen molar-refractivity contribution in [2.45, 2.75) is 20.0 Å². The molecule has 6 N–H and O–H groups in total. The lowest BCUT2D eigenvalue weighted by molar-refractivity contribution is 0.0383. The molecule has 3 amide bonds. The van der Waals surface area contributed by atoms with E-state index in [0.717, 1.165) is 36.0 Å². The average molecular weight is 833 g/mol. The van der Waals surface area contributed by atoms with Crippen LogP contribution in [0.4, 0.5) is 27.7 Å². The molecule has 15 heteroatoms. The van der Waals surface area contributed by atoms with E-state index in [-0.39, 0.29) is 11.8 Å². The van der Waals surface area contributed by atoms with Gasteiger partial charge in [-0.2, -0.15) is 0 Å². The summed E-state index contributed by atoms with van der Waals surface area (Å²) in [7, 11) is -0.748. The van der Waals surface area contributed by atoms with E-state index in [4.69, 9.17) is 19.6 Å². The van der Waals surface area contributed by atoms with Crippen LogP contribution in [0.25, 0.3) is 10.8 Å². The molecule has 314 valence electrons. The van der Waals surface area contributed by atoms with Gasteiger partial charge in [0, 0.05) is 84.1 Å². The number of nitrogens with one attached hydrogen (secondary N) is 6. The molecule has 14 nitrogen and oxygen atoms in total. The summed E-state index contributed by atoms with van der Waals surface area (Å²) in [5.41, 5.74) is 3.54. The average Bonchev–Trinajstić information content (AvgIpc) is 3.21. The van der Waals surface area contributed by atoms with Crippen molar-refractivity contribution in [3.63, 3.8) is 0 Å². The predicted octanol–water partition coefficient (Wildman–Crippen LogP) is 8.71. The fraction of sp³-hybridized carbons (Fsp3) is 0.289. The second-order valence-electron chi connectivity index (χ2n) is 15.2. The first-order valence-corrected chi connectivity index (χ1v) is 22.6. The van der Waals surface area contributed by atoms with Gasteiger partial charge in [-0.3, -0.25) is 15.0 Å². The number of rotatable bonds is 17. The van der Waals surface area contributed by atoms with Gasteiger partial charge in [-0.15, -0.1) is 0 Å². The van der Waals surface area contributed by atoms with Gasteiger partial charge < -0.3 is 45.5 Å². The van der Waals surface area contributed by atoms with E-state index < -0.39 is 13.2 Å². The summed E-state index contributed by atoms with van der Waals surface area (Å²) in [6, 6.07) is 26.9. The standard InChI is InChI=1S/C45H53N8O6P/c1-30(2)39(46)28-43(49-33-10-8-9-31(23-33)29-60(4,5)56)52-45(55)51-40-13-14-41(38-12-7-6-11-37(38)40)59-35-15-16-47-42(27-35)50-34-24-32(25-36(26-34)57-3)44(54)48-17-18-53-19-21-58-22-20-53/h6-16,23-28,30,46,49H,17-22,29H2,1-5H3,(H,47,50)(H,48,54)(H2,51,52,55)/b43-28+,46-39?. The van der Waals surface area contributed by atoms with Gasteiger partial charge in [0.25, 0.3) is 5.91 Å². The molecule has 2 heterocycles. The van der Waals surface area contributed by atoms with E-state index in [1.165, 1.54) is 0 Å². The minimum absolute atomic E-state index is 0.0725. The van der Waals surface area contributed by atoms with Crippen LogP contribution in [0.2, 0.25) is 0 Å². The normalized spacial score (nSPS) is 13.4. The number of urea groups is 1. The monoisotopic (exact) mass is 832 g/mol. The number of benzene rings is 4. The van der Waals surface area contributed by atoms with E-state index in [9.17, 15) is 14.2 Å². The van der Waals surface area contributed by atoms with E-state index in [2.05, 4.69) is 36.5 Å². The Labute approximate surface area is 351 Å². The van der Waals surface area contributed by atoms with Crippen LogP contribution in [-0.4, -0.2) is 87.4 Å². The Hall–Kier alpha value is -6.21. The lowest BCUT2D eigenvalue weighted by Crippen LogP contribution is -2.41. The van der Waals surface area contributed by atoms with Crippen LogP contribution in [0, 0.1) is 11.3 Å². The number of fused-ring (bicyclic) bond motifs is 1. The van der Waals surface area contributed by atoms with Gasteiger partial charge in [-0.25, -0.2) is 9.78 Å². The molecular formula is C45H53N8O6P. The Kier molecular flexibility index (Phi) is 14.6. The lowest BCUT2D eigenvalue weighted by Gasteiger charge is -2.26. The van der Waals surface area contributed by atoms with E-state index in [1.54, 1.807) is 75.2 Å². The number of nitrogens with zero attached hydrogens (tertiary/aromatic N) is 2. The molecule has 0 aliphatic carbocycles. The molecule has 1 aromatic heterocycles. The van der Waals surface area contributed by atoms with Gasteiger partial charge >= 0.3 is 6.03 Å². The molecule has 5 aromatic rings. The second kappa shape index (κ2) is 20.2. The largest absolute Gasteiger partial charge is 0.497 e. The smallest absolute Gasteiger partial charge is 0.324 e. The molecule has 1 aliphatic rings. The summed E-state index contributed by atoms with van der Waals surface area (Å²) < 4.78 is 29.8. The van der Waals surface area contributed by atoms with Crippen LogP contribution in [0.3, 0.4) is 0 Å². The zero-order chi connectivity index (χ0) is 42.6. The molecule has 0 atom stereocenters. The molecule has 0 radical (unpaired) electrons. The zero-order valence-electron chi connectivity index (χ0n) is 34.6. The molecule has 1 saturated heterocycles. The van der Waals surface area contributed by atoms with Crippen LogP contribution in [0.1, 0.15) is 29.8 Å². The first-order valence-electron chi connectivity index (χ1n) is 19.8. The van der Waals surface area contributed by atoms with Gasteiger partial charge in [-0.05, 0) is 73.4 Å². The van der Waals surface area contributed by atoms with Crippen LogP contribution in [-0.2, 0) is 15.5 Å². The SMILES string of the molecule is COc1cc(Nc2cc(Oc3ccc(NC(=O)N/C(=C/C(=N)C(C)C)Nc4cccc(CP(C)(C)=O)c4)c4ccccc34)ccn2)cc(C(=O)NCCN2CCOCC2)c1. The highest BCUT2D eigenvalue weighted by molar-refractivity contribution is 7.61. The molecule has 1 aliphatic heterocycles. The number of hydrogen-bond acceptors (Lipinski definition) is 11. The topological polar surface area (TPSA) is 179 Å².